The molecule has 0 amide bonds. The van der Waals surface area contributed by atoms with Gasteiger partial charge in [0.25, 0.3) is 0 Å². The summed E-state index contributed by atoms with van der Waals surface area (Å²) in [4.78, 5) is 4.97. The van der Waals surface area contributed by atoms with Crippen molar-refractivity contribution in [1.29, 1.82) is 0 Å². The summed E-state index contributed by atoms with van der Waals surface area (Å²) in [6, 6.07) is 11.4. The Balaban J connectivity index is 1.98. The smallest absolute Gasteiger partial charge is 0.0469 e. The Morgan fingerprint density at radius 3 is 2.70 bits per heavy atom. The Morgan fingerprint density at radius 1 is 1.35 bits per heavy atom. The number of rotatable bonds is 7. The molecule has 3 heteroatoms. The van der Waals surface area contributed by atoms with Gasteiger partial charge >= 0.3 is 0 Å². The fourth-order valence-electron chi connectivity index (χ4n) is 3.19. The minimum absolute atomic E-state index is 0.474. The quantitative estimate of drug-likeness (QED) is 0.823. The highest BCUT2D eigenvalue weighted by Crippen LogP contribution is 2.22. The van der Waals surface area contributed by atoms with Crippen molar-refractivity contribution in [3.8, 4) is 0 Å². The lowest BCUT2D eigenvalue weighted by Gasteiger charge is -2.31. The average Bonchev–Trinajstić information content (AvgIpc) is 2.86. The van der Waals surface area contributed by atoms with Crippen LogP contribution in [0.25, 0.3) is 0 Å². The van der Waals surface area contributed by atoms with E-state index >= 15 is 0 Å². The van der Waals surface area contributed by atoms with Gasteiger partial charge in [-0.25, -0.2) is 0 Å². The fourth-order valence-corrected chi connectivity index (χ4v) is 3.19. The van der Waals surface area contributed by atoms with Crippen molar-refractivity contribution in [2.24, 2.45) is 5.92 Å². The molecule has 0 spiro atoms. The molecule has 2 atom stereocenters. The predicted octanol–water partition coefficient (Wildman–Crippen LogP) is 2.22. The second-order valence-electron chi connectivity index (χ2n) is 6.09. The maximum absolute atomic E-state index is 3.51. The molecule has 0 radical (unpaired) electrons. The number of hydrogen-bond acceptors (Lipinski definition) is 3. The van der Waals surface area contributed by atoms with E-state index in [0.717, 1.165) is 19.0 Å². The fraction of sp³-hybridized carbons (Fsp3) is 0.647. The van der Waals surface area contributed by atoms with E-state index in [-0.39, 0.29) is 0 Å². The van der Waals surface area contributed by atoms with Gasteiger partial charge in [-0.2, -0.15) is 0 Å². The van der Waals surface area contributed by atoms with Gasteiger partial charge in [0.1, 0.15) is 0 Å². The summed E-state index contributed by atoms with van der Waals surface area (Å²) in [7, 11) is 4.50. The Bertz CT molecular complexity index is 379. The van der Waals surface area contributed by atoms with Crippen LogP contribution in [0, 0.1) is 5.92 Å². The molecule has 0 aliphatic carbocycles. The van der Waals surface area contributed by atoms with Gasteiger partial charge in [0.2, 0.25) is 0 Å². The van der Waals surface area contributed by atoms with Crippen LogP contribution in [0.4, 0.5) is 0 Å². The molecule has 3 nitrogen and oxygen atoms in total. The normalized spacial score (nSPS) is 21.5. The van der Waals surface area contributed by atoms with Gasteiger partial charge in [0.15, 0.2) is 0 Å². The summed E-state index contributed by atoms with van der Waals surface area (Å²) in [5.74, 6) is 0.817. The molecule has 1 aliphatic heterocycles. The molecule has 1 saturated heterocycles. The number of nitrogens with zero attached hydrogens (tertiary/aromatic N) is 2. The highest BCUT2D eigenvalue weighted by atomic mass is 15.2. The van der Waals surface area contributed by atoms with Crippen molar-refractivity contribution < 1.29 is 0 Å². The lowest BCUT2D eigenvalue weighted by Crippen LogP contribution is -2.36. The Hall–Kier alpha value is -0.900. The minimum Gasteiger partial charge on any atom is -0.315 e. The summed E-state index contributed by atoms with van der Waals surface area (Å²) < 4.78 is 0. The first-order valence-electron chi connectivity index (χ1n) is 7.85. The van der Waals surface area contributed by atoms with Gasteiger partial charge in [-0.15, -0.1) is 0 Å². The van der Waals surface area contributed by atoms with Crippen LogP contribution in [-0.4, -0.2) is 56.6 Å². The summed E-state index contributed by atoms with van der Waals surface area (Å²) in [6.45, 7) is 7.92. The van der Waals surface area contributed by atoms with Crippen LogP contribution in [0.5, 0.6) is 0 Å². The third-order valence-electron chi connectivity index (χ3n) is 4.34. The number of hydrogen-bond donors (Lipinski definition) is 1. The Morgan fingerprint density at radius 2 is 2.10 bits per heavy atom. The van der Waals surface area contributed by atoms with Gasteiger partial charge in [-0.3, -0.25) is 4.90 Å². The van der Waals surface area contributed by atoms with Crippen molar-refractivity contribution >= 4 is 0 Å². The van der Waals surface area contributed by atoms with Crippen molar-refractivity contribution in [2.75, 3.05) is 46.8 Å². The standard InChI is InChI=1S/C17H29N3/c1-4-18-12-17(16-8-6-5-7-9-16)20(3)14-15-10-11-19(2)13-15/h5-9,15,17-18H,4,10-14H2,1-3H3. The van der Waals surface area contributed by atoms with E-state index in [4.69, 9.17) is 0 Å². The molecule has 0 saturated carbocycles. The summed E-state index contributed by atoms with van der Waals surface area (Å²) in [5, 5.41) is 3.51. The number of likely N-dealkylation sites (N-methyl/N-ethyl adjacent to an activating group) is 2. The summed E-state index contributed by atoms with van der Waals surface area (Å²) >= 11 is 0. The maximum Gasteiger partial charge on any atom is 0.0469 e. The maximum atomic E-state index is 3.51. The highest BCUT2D eigenvalue weighted by molar-refractivity contribution is 5.19. The number of nitrogens with one attached hydrogen (secondary N) is 1. The van der Waals surface area contributed by atoms with E-state index in [1.54, 1.807) is 0 Å². The van der Waals surface area contributed by atoms with Crippen LogP contribution >= 0.6 is 0 Å². The molecule has 20 heavy (non-hydrogen) atoms. The van der Waals surface area contributed by atoms with E-state index in [1.807, 2.05) is 0 Å². The van der Waals surface area contributed by atoms with Crippen molar-refractivity contribution in [3.05, 3.63) is 35.9 Å². The molecule has 1 N–H and O–H groups in total. The molecular weight excluding hydrogens is 246 g/mol. The van der Waals surface area contributed by atoms with Crippen molar-refractivity contribution in [3.63, 3.8) is 0 Å². The van der Waals surface area contributed by atoms with Crippen molar-refractivity contribution in [1.82, 2.24) is 15.1 Å². The molecule has 1 heterocycles. The highest BCUT2D eigenvalue weighted by Gasteiger charge is 2.24. The van der Waals surface area contributed by atoms with Gasteiger partial charge in [-0.05, 0) is 45.1 Å². The number of likely N-dealkylation sites (tertiary alicyclic amines) is 1. The first-order chi connectivity index (χ1) is 9.70. The second kappa shape index (κ2) is 7.77. The van der Waals surface area contributed by atoms with Gasteiger partial charge in [0.05, 0.1) is 0 Å². The van der Waals surface area contributed by atoms with Crippen molar-refractivity contribution in [2.45, 2.75) is 19.4 Å². The van der Waals surface area contributed by atoms with E-state index in [2.05, 4.69) is 66.5 Å². The molecule has 2 rings (SSSR count). The molecule has 1 aromatic rings. The first-order valence-corrected chi connectivity index (χ1v) is 7.85. The third-order valence-corrected chi connectivity index (χ3v) is 4.34. The zero-order valence-corrected chi connectivity index (χ0v) is 13.2. The topological polar surface area (TPSA) is 18.5 Å². The summed E-state index contributed by atoms with van der Waals surface area (Å²) in [6.07, 6.45) is 1.34. The molecule has 1 aliphatic rings. The van der Waals surface area contributed by atoms with E-state index in [9.17, 15) is 0 Å². The molecule has 0 bridgehead atoms. The van der Waals surface area contributed by atoms with Gasteiger partial charge in [0, 0.05) is 25.7 Å². The van der Waals surface area contributed by atoms with E-state index < -0.39 is 0 Å². The largest absolute Gasteiger partial charge is 0.315 e. The monoisotopic (exact) mass is 275 g/mol. The van der Waals surface area contributed by atoms with Gasteiger partial charge < -0.3 is 10.2 Å². The van der Waals surface area contributed by atoms with Crippen LogP contribution in [0.1, 0.15) is 24.9 Å². The molecule has 0 aromatic heterocycles. The van der Waals surface area contributed by atoms with Gasteiger partial charge in [-0.1, -0.05) is 37.3 Å². The number of benzene rings is 1. The van der Waals surface area contributed by atoms with Crippen LogP contribution in [0.15, 0.2) is 30.3 Å². The lowest BCUT2D eigenvalue weighted by atomic mass is 10.0. The van der Waals surface area contributed by atoms with E-state index in [1.165, 1.54) is 31.6 Å². The SMILES string of the molecule is CCNCC(c1ccccc1)N(C)CC1CCN(C)C1. The van der Waals surface area contributed by atoms with Crippen LogP contribution < -0.4 is 5.32 Å². The lowest BCUT2D eigenvalue weighted by molar-refractivity contribution is 0.203. The minimum atomic E-state index is 0.474. The third kappa shape index (κ3) is 4.30. The second-order valence-corrected chi connectivity index (χ2v) is 6.09. The Labute approximate surface area is 124 Å². The first kappa shape index (κ1) is 15.5. The predicted molar refractivity (Wildman–Crippen MR) is 86.0 cm³/mol. The Kier molecular flexibility index (Phi) is 6.02. The summed E-state index contributed by atoms with van der Waals surface area (Å²) in [5.41, 5.74) is 1.42. The van der Waals surface area contributed by atoms with Crippen LogP contribution in [-0.2, 0) is 0 Å². The van der Waals surface area contributed by atoms with E-state index in [0.29, 0.717) is 6.04 Å². The zero-order valence-electron chi connectivity index (χ0n) is 13.2. The molecule has 1 aromatic carbocycles. The molecule has 112 valence electrons. The average molecular weight is 275 g/mol. The van der Waals surface area contributed by atoms with Crippen LogP contribution in [0.3, 0.4) is 0 Å². The molecule has 1 fully saturated rings. The van der Waals surface area contributed by atoms with Crippen LogP contribution in [0.2, 0.25) is 0 Å². The zero-order chi connectivity index (χ0) is 14.4. The molecular formula is C17H29N3. The molecule has 2 unspecified atom stereocenters.